The number of nitrogens with zero attached hydrogens (tertiary/aromatic N) is 6. The van der Waals surface area contributed by atoms with Crippen molar-refractivity contribution in [3.63, 3.8) is 0 Å². The number of rotatable bonds is 5. The number of carbonyl (C=O) groups is 1. The second kappa shape index (κ2) is 19.6. The molecular weight excluding hydrogens is 861 g/mol. The van der Waals surface area contributed by atoms with Crippen molar-refractivity contribution >= 4 is 78.5 Å². The molecule has 1 atom stereocenters. The molecule has 12 nitrogen and oxygen atoms in total. The largest absolute Gasteiger partial charge is 0.460 e. The van der Waals surface area contributed by atoms with Crippen LogP contribution in [0.15, 0.2) is 154 Å². The first kappa shape index (κ1) is 47.4. The Bertz CT molecular complexity index is 3400. The lowest BCUT2D eigenvalue weighted by atomic mass is 9.88. The van der Waals surface area contributed by atoms with E-state index >= 15 is 0 Å². The summed E-state index contributed by atoms with van der Waals surface area (Å²) in [5.41, 5.74) is 17.5. The van der Waals surface area contributed by atoms with Gasteiger partial charge in [0, 0.05) is 139 Å². The number of Topliss-reactive ketones (excluding diaryl/α,β-unsaturated/α-hetero) is 1. The maximum absolute atomic E-state index is 12.6. The molecule has 3 N–H and O–H groups in total. The molecule has 2 aliphatic carbocycles. The number of hydrogen-bond acceptors (Lipinski definition) is 9. The number of nitrogens with one attached hydrogen (secondary N) is 1. The Hall–Kier alpha value is -8.12. The van der Waals surface area contributed by atoms with E-state index in [-0.39, 0.29) is 11.7 Å². The molecule has 10 rings (SSSR count). The minimum absolute atomic E-state index is 0.0989. The number of benzene rings is 6. The van der Waals surface area contributed by atoms with Crippen LogP contribution >= 0.6 is 0 Å². The van der Waals surface area contributed by atoms with Crippen LogP contribution in [0.2, 0.25) is 0 Å². The van der Waals surface area contributed by atoms with Crippen LogP contribution in [0, 0.1) is 5.92 Å². The van der Waals surface area contributed by atoms with Gasteiger partial charge in [0.25, 0.3) is 0 Å². The number of nitrogens with two attached hydrogens (primary N) is 1. The summed E-state index contributed by atoms with van der Waals surface area (Å²) in [7, 11) is 24.1. The first-order valence-corrected chi connectivity index (χ1v) is 22.9. The molecule has 1 unspecified atom stereocenters. The Morgan fingerprint density at radius 3 is 1.77 bits per heavy atom. The predicted molar refractivity (Wildman–Crippen MR) is 285 cm³/mol. The Morgan fingerprint density at radius 1 is 0.594 bits per heavy atom. The van der Waals surface area contributed by atoms with Gasteiger partial charge in [-0.1, -0.05) is 18.2 Å². The van der Waals surface area contributed by atoms with E-state index < -0.39 is 0 Å². The second-order valence-corrected chi connectivity index (χ2v) is 18.6. The van der Waals surface area contributed by atoms with Crippen LogP contribution in [0.5, 0.6) is 5.75 Å². The summed E-state index contributed by atoms with van der Waals surface area (Å²) < 4.78 is 22.5. The Morgan fingerprint density at radius 2 is 1.17 bits per heavy atom. The van der Waals surface area contributed by atoms with E-state index in [1.807, 2.05) is 155 Å². The van der Waals surface area contributed by atoms with Gasteiger partial charge >= 0.3 is 0 Å². The average molecular weight is 924 g/mol. The minimum Gasteiger partial charge on any atom is -0.460 e. The third kappa shape index (κ3) is 10.1. The van der Waals surface area contributed by atoms with Crippen LogP contribution in [0.4, 0.5) is 34.1 Å². The molecule has 0 bridgehead atoms. The Kier molecular flexibility index (Phi) is 13.5. The fourth-order valence-corrected chi connectivity index (χ4v) is 8.14. The zero-order valence-electron chi connectivity index (χ0n) is 41.8. The van der Waals surface area contributed by atoms with E-state index in [0.29, 0.717) is 22.8 Å². The molecule has 0 saturated heterocycles. The molecule has 2 aliphatic heterocycles. The first-order valence-electron chi connectivity index (χ1n) is 22.9. The molecule has 5 aromatic carbocycles. The van der Waals surface area contributed by atoms with Crippen LogP contribution < -0.4 is 50.4 Å². The highest BCUT2D eigenvalue weighted by Gasteiger charge is 2.34. The number of hydrogen-bond donors (Lipinski definition) is 2. The van der Waals surface area contributed by atoms with Gasteiger partial charge in [0.15, 0.2) is 5.78 Å². The number of para-hydroxylation sites is 2. The van der Waals surface area contributed by atoms with E-state index in [2.05, 4.69) is 103 Å². The van der Waals surface area contributed by atoms with Crippen molar-refractivity contribution in [2.45, 2.75) is 0 Å². The summed E-state index contributed by atoms with van der Waals surface area (Å²) in [4.78, 5) is 24.3. The Balaban J connectivity index is 0.000000142. The topological polar surface area (TPSA) is 112 Å². The molecule has 0 spiro atoms. The van der Waals surface area contributed by atoms with Crippen molar-refractivity contribution in [2.24, 2.45) is 5.92 Å². The molecule has 69 heavy (non-hydrogen) atoms. The summed E-state index contributed by atoms with van der Waals surface area (Å²) in [6, 6.07) is 40.8. The van der Waals surface area contributed by atoms with E-state index in [4.69, 9.17) is 19.3 Å². The number of fused-ring (bicyclic) bond motifs is 6. The van der Waals surface area contributed by atoms with Gasteiger partial charge in [-0.3, -0.25) is 4.79 Å². The SMILES string of the molecule is CN(C)c1ccc2c(=[NH+]c3ccccc3N)c3ccc(N(C)C)cc3oc2c1.CN(C)c1ccc2c(c1)OC1=CC(=[N+](C)C)C=CC1C2=O.CN(C)c1ccc2cc3ccc(=[N+](C)C)cc-3oc2c1. The van der Waals surface area contributed by atoms with E-state index in [9.17, 15) is 4.79 Å². The zero-order chi connectivity index (χ0) is 49.3. The summed E-state index contributed by atoms with van der Waals surface area (Å²) in [5.74, 6) is 2.06. The number of ketones is 1. The summed E-state index contributed by atoms with van der Waals surface area (Å²) in [6.07, 6.45) is 5.82. The molecule has 3 heterocycles. The molecule has 1 aromatic heterocycles. The molecule has 4 aliphatic rings. The third-order valence-corrected chi connectivity index (χ3v) is 12.3. The number of anilines is 5. The van der Waals surface area contributed by atoms with Gasteiger partial charge in [-0.15, -0.1) is 0 Å². The average Bonchev–Trinajstić information content (AvgIpc) is 3.33. The van der Waals surface area contributed by atoms with Crippen LogP contribution in [-0.4, -0.2) is 101 Å². The molecule has 12 heteroatoms. The highest BCUT2D eigenvalue weighted by Crippen LogP contribution is 2.37. The van der Waals surface area contributed by atoms with Crippen molar-refractivity contribution in [3.8, 4) is 17.1 Å². The molecule has 0 fully saturated rings. The quantitative estimate of drug-likeness (QED) is 0.104. The standard InChI is InChI=1S/C23H24N4O.C17H19N2O2.C17H19N2O/c1-26(2)15-9-11-17-21(13-15)28-22-14-16(27(3)4)10-12-18(22)23(17)25-20-8-6-5-7-19(20)24;1-18(2)11-5-7-13-15(9-11)21-16-10-12(19(3)4)6-8-14(16)17(13)20;1-18(2)14-7-5-12-9-13-6-8-15(19(3)4)11-17(13)20-16(12)10-14/h5-14H,24H2,1-4H3;5-10,13H,1-4H3;5-11H,1-4H3/q;2*+1/p+1. The lowest BCUT2D eigenvalue weighted by Crippen LogP contribution is -2.70. The maximum Gasteiger partial charge on any atom is 0.227 e. The van der Waals surface area contributed by atoms with Gasteiger partial charge in [0.1, 0.15) is 67.9 Å². The van der Waals surface area contributed by atoms with Gasteiger partial charge in [-0.25, -0.2) is 14.1 Å². The fraction of sp³-hybridized carbons (Fsp3) is 0.228. The van der Waals surface area contributed by atoms with Gasteiger partial charge in [0.05, 0.1) is 28.3 Å². The van der Waals surface area contributed by atoms with Crippen molar-refractivity contribution in [2.75, 3.05) is 110 Å². The molecule has 6 aromatic rings. The predicted octanol–water partition coefficient (Wildman–Crippen LogP) is 7.36. The lowest BCUT2D eigenvalue weighted by molar-refractivity contribution is -0.462. The van der Waals surface area contributed by atoms with E-state index in [0.717, 1.165) is 89.1 Å². The normalized spacial score (nSPS) is 13.6. The van der Waals surface area contributed by atoms with Crippen LogP contribution in [0.1, 0.15) is 10.4 Å². The van der Waals surface area contributed by atoms with Gasteiger partial charge < -0.3 is 38.9 Å². The molecule has 352 valence electrons. The lowest BCUT2D eigenvalue weighted by Gasteiger charge is -2.27. The smallest absolute Gasteiger partial charge is 0.227 e. The summed E-state index contributed by atoms with van der Waals surface area (Å²) in [5, 5.41) is 5.28. The van der Waals surface area contributed by atoms with Crippen molar-refractivity contribution in [1.29, 1.82) is 0 Å². The van der Waals surface area contributed by atoms with Crippen molar-refractivity contribution in [1.82, 2.24) is 4.58 Å². The highest BCUT2D eigenvalue weighted by atomic mass is 16.5. The van der Waals surface area contributed by atoms with Crippen molar-refractivity contribution < 1.29 is 27.9 Å². The highest BCUT2D eigenvalue weighted by molar-refractivity contribution is 6.09. The summed E-state index contributed by atoms with van der Waals surface area (Å²) >= 11 is 0. The minimum atomic E-state index is -0.300. The van der Waals surface area contributed by atoms with Gasteiger partial charge in [0.2, 0.25) is 22.1 Å². The van der Waals surface area contributed by atoms with Crippen LogP contribution in [0.3, 0.4) is 0 Å². The molecule has 0 radical (unpaired) electrons. The number of nitrogen functional groups attached to an aromatic ring is 1. The third-order valence-electron chi connectivity index (χ3n) is 12.3. The van der Waals surface area contributed by atoms with Crippen molar-refractivity contribution in [3.05, 3.63) is 162 Å². The monoisotopic (exact) mass is 923 g/mol. The zero-order valence-corrected chi connectivity index (χ0v) is 41.8. The number of ether oxygens (including phenoxy) is 1. The van der Waals surface area contributed by atoms with E-state index in [1.54, 1.807) is 0 Å². The van der Waals surface area contributed by atoms with Gasteiger partial charge in [-0.2, -0.15) is 0 Å². The van der Waals surface area contributed by atoms with Gasteiger partial charge in [-0.05, 0) is 66.7 Å². The van der Waals surface area contributed by atoms with E-state index in [1.165, 1.54) is 0 Å². The molecule has 0 saturated carbocycles. The molecule has 0 amide bonds. The first-order chi connectivity index (χ1) is 32.9. The second-order valence-electron chi connectivity index (χ2n) is 18.6. The van der Waals surface area contributed by atoms with Crippen LogP contribution in [0.25, 0.3) is 44.2 Å². The maximum atomic E-state index is 12.6. The number of carbonyl (C=O) groups excluding carboxylic acids is 1. The Labute approximate surface area is 404 Å². The van der Waals surface area contributed by atoms with Crippen LogP contribution in [-0.2, 0) is 0 Å². The number of allylic oxidation sites excluding steroid dienone is 3. The molecular formula is C57H63N8O4+3. The summed E-state index contributed by atoms with van der Waals surface area (Å²) in [6.45, 7) is 0. The fourth-order valence-electron chi connectivity index (χ4n) is 8.14.